The van der Waals surface area contributed by atoms with Crippen LogP contribution in [0.3, 0.4) is 0 Å². The summed E-state index contributed by atoms with van der Waals surface area (Å²) >= 11 is 0. The highest BCUT2D eigenvalue weighted by Gasteiger charge is 2.37. The van der Waals surface area contributed by atoms with E-state index in [0.29, 0.717) is 42.8 Å². The van der Waals surface area contributed by atoms with Crippen LogP contribution in [0.15, 0.2) is 83.3 Å². The minimum Gasteiger partial charge on any atom is -0.489 e. The fourth-order valence-corrected chi connectivity index (χ4v) is 5.09. The van der Waals surface area contributed by atoms with Gasteiger partial charge in [0.25, 0.3) is 5.69 Å². The summed E-state index contributed by atoms with van der Waals surface area (Å²) in [6.07, 6.45) is 0.311. The molecule has 39 heavy (non-hydrogen) atoms. The summed E-state index contributed by atoms with van der Waals surface area (Å²) < 4.78 is 17.8. The zero-order chi connectivity index (χ0) is 27.6. The number of hydrogen-bond acceptors (Lipinski definition) is 6. The molecule has 2 heterocycles. The third kappa shape index (κ3) is 6.06. The van der Waals surface area contributed by atoms with Crippen molar-refractivity contribution in [3.8, 4) is 5.75 Å². The first-order chi connectivity index (χ1) is 18.7. The van der Waals surface area contributed by atoms with Crippen molar-refractivity contribution < 1.29 is 23.6 Å². The minimum absolute atomic E-state index is 0.00113. The molecule has 4 aromatic rings. The van der Waals surface area contributed by atoms with Crippen LogP contribution in [-0.2, 0) is 11.3 Å². The van der Waals surface area contributed by atoms with E-state index >= 15 is 0 Å². The lowest BCUT2D eigenvalue weighted by atomic mass is 9.79. The quantitative estimate of drug-likeness (QED) is 0.191. The Labute approximate surface area is 227 Å². The number of nitro benzene ring substituents is 1. The number of carbonyl (C=O) groups excluding carboxylic acids is 1. The maximum Gasteiger partial charge on any atom is 0.410 e. The van der Waals surface area contributed by atoms with Crippen LogP contribution in [0.1, 0.15) is 55.9 Å². The maximum absolute atomic E-state index is 13.0. The number of ether oxygens (including phenoxy) is 2. The van der Waals surface area contributed by atoms with Gasteiger partial charge in [0.1, 0.15) is 29.3 Å². The molecule has 1 aliphatic heterocycles. The molecule has 0 bridgehead atoms. The Morgan fingerprint density at radius 3 is 2.46 bits per heavy atom. The van der Waals surface area contributed by atoms with E-state index in [1.165, 1.54) is 6.07 Å². The number of benzene rings is 3. The number of piperidine rings is 1. The second-order valence-electron chi connectivity index (χ2n) is 10.9. The van der Waals surface area contributed by atoms with E-state index in [2.05, 4.69) is 0 Å². The highest BCUT2D eigenvalue weighted by atomic mass is 16.6. The Kier molecular flexibility index (Phi) is 7.28. The number of non-ortho nitro benzene ring substituents is 1. The lowest BCUT2D eigenvalue weighted by Gasteiger charge is -2.38. The van der Waals surface area contributed by atoms with Crippen LogP contribution in [0.5, 0.6) is 5.75 Å². The molecule has 3 aromatic carbocycles. The zero-order valence-corrected chi connectivity index (χ0v) is 22.3. The monoisotopic (exact) mass is 528 g/mol. The molecule has 0 N–H and O–H groups in total. The second kappa shape index (κ2) is 10.8. The third-order valence-corrected chi connectivity index (χ3v) is 6.94. The van der Waals surface area contributed by atoms with Crippen molar-refractivity contribution in [1.29, 1.82) is 0 Å². The van der Waals surface area contributed by atoms with Gasteiger partial charge in [0, 0.05) is 25.1 Å². The van der Waals surface area contributed by atoms with Crippen LogP contribution in [-0.4, -0.2) is 34.6 Å². The van der Waals surface area contributed by atoms with E-state index in [4.69, 9.17) is 13.9 Å². The van der Waals surface area contributed by atoms with Gasteiger partial charge in [-0.25, -0.2) is 4.79 Å². The van der Waals surface area contributed by atoms with Gasteiger partial charge in [-0.05, 0) is 68.5 Å². The number of hydrogen-bond donors (Lipinski definition) is 0. The first-order valence-corrected chi connectivity index (χ1v) is 13.1. The number of furan rings is 1. The van der Waals surface area contributed by atoms with Gasteiger partial charge in [-0.2, -0.15) is 0 Å². The van der Waals surface area contributed by atoms with Crippen LogP contribution in [0.4, 0.5) is 10.5 Å². The molecule has 0 saturated carbocycles. The lowest BCUT2D eigenvalue weighted by molar-refractivity contribution is -0.383. The van der Waals surface area contributed by atoms with Gasteiger partial charge in [-0.3, -0.25) is 10.1 Å². The Morgan fingerprint density at radius 1 is 1.03 bits per heavy atom. The SMILES string of the molecule is CC(C)(C)OC(=O)N1CCC(c2ccc(OCc3ccccc3)cc2)C(c2cc3c([N+](=O)[O-])cccc3o2)C1. The molecule has 1 amide bonds. The summed E-state index contributed by atoms with van der Waals surface area (Å²) in [6, 6.07) is 24.6. The molecule has 5 rings (SSSR count). The summed E-state index contributed by atoms with van der Waals surface area (Å²) in [5.41, 5.74) is 2.02. The highest BCUT2D eigenvalue weighted by Crippen LogP contribution is 2.43. The number of rotatable bonds is 6. The molecule has 8 heteroatoms. The molecule has 8 nitrogen and oxygen atoms in total. The summed E-state index contributed by atoms with van der Waals surface area (Å²) in [6.45, 7) is 6.91. The lowest BCUT2D eigenvalue weighted by Crippen LogP contribution is -2.44. The first kappa shape index (κ1) is 26.3. The first-order valence-electron chi connectivity index (χ1n) is 13.1. The summed E-state index contributed by atoms with van der Waals surface area (Å²) in [5.74, 6) is 1.20. The van der Waals surface area contributed by atoms with Gasteiger partial charge >= 0.3 is 6.09 Å². The number of nitrogens with zero attached hydrogens (tertiary/aromatic N) is 2. The van der Waals surface area contributed by atoms with E-state index in [-0.39, 0.29) is 23.6 Å². The zero-order valence-electron chi connectivity index (χ0n) is 22.3. The maximum atomic E-state index is 13.0. The molecule has 2 unspecified atom stereocenters. The molecular formula is C31H32N2O6. The normalized spacial score (nSPS) is 17.7. The van der Waals surface area contributed by atoms with Crippen molar-refractivity contribution in [2.45, 2.75) is 51.2 Å². The predicted molar refractivity (Wildman–Crippen MR) is 148 cm³/mol. The van der Waals surface area contributed by atoms with E-state index in [9.17, 15) is 14.9 Å². The van der Waals surface area contributed by atoms with Crippen LogP contribution >= 0.6 is 0 Å². The van der Waals surface area contributed by atoms with Gasteiger partial charge in [-0.1, -0.05) is 48.5 Å². The number of nitro groups is 1. The molecule has 1 aliphatic rings. The Hall–Kier alpha value is -4.33. The van der Waals surface area contributed by atoms with Crippen molar-refractivity contribution >= 4 is 22.7 Å². The molecule has 1 fully saturated rings. The van der Waals surface area contributed by atoms with Gasteiger partial charge in [0.05, 0.1) is 10.3 Å². The van der Waals surface area contributed by atoms with Crippen LogP contribution in [0.2, 0.25) is 0 Å². The molecule has 0 spiro atoms. The van der Waals surface area contributed by atoms with Crippen molar-refractivity contribution in [2.24, 2.45) is 0 Å². The van der Waals surface area contributed by atoms with Gasteiger partial charge < -0.3 is 18.8 Å². The number of likely N-dealkylation sites (tertiary alicyclic amines) is 1. The van der Waals surface area contributed by atoms with Crippen molar-refractivity contribution in [3.05, 3.63) is 106 Å². The molecule has 0 radical (unpaired) electrons. The molecule has 202 valence electrons. The predicted octanol–water partition coefficient (Wildman–Crippen LogP) is 7.43. The topological polar surface area (TPSA) is 95.0 Å². The van der Waals surface area contributed by atoms with Crippen LogP contribution in [0.25, 0.3) is 11.0 Å². The van der Waals surface area contributed by atoms with Gasteiger partial charge in [0.2, 0.25) is 0 Å². The van der Waals surface area contributed by atoms with Gasteiger partial charge in [0.15, 0.2) is 0 Å². The third-order valence-electron chi connectivity index (χ3n) is 6.94. The van der Waals surface area contributed by atoms with Crippen molar-refractivity contribution in [1.82, 2.24) is 4.90 Å². The van der Waals surface area contributed by atoms with E-state index in [0.717, 1.165) is 16.9 Å². The fourth-order valence-electron chi connectivity index (χ4n) is 5.09. The summed E-state index contributed by atoms with van der Waals surface area (Å²) in [7, 11) is 0. The standard InChI is InChI=1S/C31H32N2O6/c1-31(2,3)39-30(34)32-17-16-24(22-12-14-23(15-13-22)37-20-21-8-5-4-6-9-21)26(19-32)29-18-25-27(33(35)36)10-7-11-28(25)38-29/h4-15,18,24,26H,16-17,19-20H2,1-3H3. The van der Waals surface area contributed by atoms with Crippen molar-refractivity contribution in [2.75, 3.05) is 13.1 Å². The molecule has 1 aromatic heterocycles. The number of amides is 1. The second-order valence-corrected chi connectivity index (χ2v) is 10.9. The minimum atomic E-state index is -0.612. The number of carbonyl (C=O) groups is 1. The Balaban J connectivity index is 1.42. The Bertz CT molecular complexity index is 1460. The molecular weight excluding hydrogens is 496 g/mol. The molecule has 1 saturated heterocycles. The summed E-state index contributed by atoms with van der Waals surface area (Å²) in [4.78, 5) is 25.9. The fraction of sp³-hybridized carbons (Fsp3) is 0.323. The van der Waals surface area contributed by atoms with Crippen LogP contribution < -0.4 is 4.74 Å². The number of fused-ring (bicyclic) bond motifs is 1. The van der Waals surface area contributed by atoms with Crippen molar-refractivity contribution in [3.63, 3.8) is 0 Å². The summed E-state index contributed by atoms with van der Waals surface area (Å²) in [5, 5.41) is 12.1. The molecule has 2 atom stereocenters. The van der Waals surface area contributed by atoms with E-state index < -0.39 is 10.5 Å². The Morgan fingerprint density at radius 2 is 1.77 bits per heavy atom. The van der Waals surface area contributed by atoms with E-state index in [1.54, 1.807) is 23.1 Å². The largest absolute Gasteiger partial charge is 0.489 e. The van der Waals surface area contributed by atoms with E-state index in [1.807, 2.05) is 75.4 Å². The average molecular weight is 529 g/mol. The van der Waals surface area contributed by atoms with Crippen LogP contribution in [0, 0.1) is 10.1 Å². The smallest absolute Gasteiger partial charge is 0.410 e. The molecule has 0 aliphatic carbocycles. The average Bonchev–Trinajstić information content (AvgIpc) is 3.36. The van der Waals surface area contributed by atoms with Gasteiger partial charge in [-0.15, -0.1) is 0 Å². The highest BCUT2D eigenvalue weighted by molar-refractivity contribution is 5.87.